The van der Waals surface area contributed by atoms with Crippen LogP contribution in [0.1, 0.15) is 30.5 Å². The van der Waals surface area contributed by atoms with Crippen LogP contribution in [-0.2, 0) is 14.8 Å². The van der Waals surface area contributed by atoms with E-state index < -0.39 is 10.0 Å². The van der Waals surface area contributed by atoms with Crippen molar-refractivity contribution >= 4 is 21.8 Å². The van der Waals surface area contributed by atoms with Crippen molar-refractivity contribution in [1.82, 2.24) is 10.0 Å². The summed E-state index contributed by atoms with van der Waals surface area (Å²) in [7, 11) is -2.00. The van der Waals surface area contributed by atoms with Crippen molar-refractivity contribution in [2.24, 2.45) is 4.99 Å². The predicted octanol–water partition coefficient (Wildman–Crippen LogP) is 2.00. The van der Waals surface area contributed by atoms with Gasteiger partial charge >= 0.3 is 0 Å². The van der Waals surface area contributed by atoms with Gasteiger partial charge in [-0.3, -0.25) is 14.5 Å². The summed E-state index contributed by atoms with van der Waals surface area (Å²) in [5, 5.41) is 2.93. The lowest BCUT2D eigenvalue weighted by Crippen LogP contribution is -2.31. The van der Waals surface area contributed by atoms with Crippen LogP contribution in [0.2, 0.25) is 0 Å². The molecule has 3 rings (SSSR count). The third-order valence-corrected chi connectivity index (χ3v) is 5.70. The van der Waals surface area contributed by atoms with E-state index >= 15 is 0 Å². The van der Waals surface area contributed by atoms with E-state index in [1.165, 1.54) is 6.07 Å². The topological polar surface area (TPSA) is 96.9 Å². The molecule has 142 valence electrons. The number of amides is 1. The Balaban J connectivity index is 1.69. The molecule has 8 heteroatoms. The first kappa shape index (κ1) is 18.9. The molecule has 0 saturated heterocycles. The average Bonchev–Trinajstić information content (AvgIpc) is 2.95. The number of ether oxygens (including phenoxy) is 1. The fourth-order valence-corrected chi connectivity index (χ4v) is 4.15. The zero-order valence-electron chi connectivity index (χ0n) is 15.1. The summed E-state index contributed by atoms with van der Waals surface area (Å²) in [5.41, 5.74) is 1.44. The molecule has 0 aliphatic carbocycles. The van der Waals surface area contributed by atoms with Crippen LogP contribution in [0.4, 0.5) is 0 Å². The van der Waals surface area contributed by atoms with Gasteiger partial charge in [-0.05, 0) is 36.2 Å². The number of hydrogen-bond acceptors (Lipinski definition) is 5. The van der Waals surface area contributed by atoms with Gasteiger partial charge in [-0.15, -0.1) is 0 Å². The molecule has 0 spiro atoms. The lowest BCUT2D eigenvalue weighted by Gasteiger charge is -2.17. The van der Waals surface area contributed by atoms with Crippen molar-refractivity contribution in [3.63, 3.8) is 0 Å². The molecule has 1 amide bonds. The number of fused-ring (bicyclic) bond motifs is 1. The molecule has 1 aliphatic rings. The SMILES string of the molecule is CC[C@H](NC(=O)CN=C1NS(=O)(=O)c2ccccc21)c1ccc(OC)cc1. The highest BCUT2D eigenvalue weighted by Crippen LogP contribution is 2.22. The molecule has 2 aromatic rings. The highest BCUT2D eigenvalue weighted by Gasteiger charge is 2.30. The Hall–Kier alpha value is -2.87. The second kappa shape index (κ2) is 7.79. The summed E-state index contributed by atoms with van der Waals surface area (Å²) >= 11 is 0. The van der Waals surface area contributed by atoms with E-state index in [9.17, 15) is 13.2 Å². The summed E-state index contributed by atoms with van der Waals surface area (Å²) in [6.45, 7) is 1.81. The molecular formula is C19H21N3O4S. The quantitative estimate of drug-likeness (QED) is 0.792. The van der Waals surface area contributed by atoms with E-state index in [1.54, 1.807) is 25.3 Å². The Morgan fingerprint density at radius 2 is 1.89 bits per heavy atom. The highest BCUT2D eigenvalue weighted by atomic mass is 32.2. The maximum absolute atomic E-state index is 12.3. The van der Waals surface area contributed by atoms with E-state index in [0.717, 1.165) is 11.3 Å². The standard InChI is InChI=1S/C19H21N3O4S/c1-3-16(13-8-10-14(26-2)11-9-13)21-18(23)12-20-19-15-6-4-5-7-17(15)27(24,25)22-19/h4-11,16H,3,12H2,1-2H3,(H,20,22)(H,21,23)/t16-/m0/s1. The number of nitrogens with one attached hydrogen (secondary N) is 2. The van der Waals surface area contributed by atoms with Crippen LogP contribution in [0.15, 0.2) is 58.4 Å². The number of carbonyl (C=O) groups excluding carboxylic acids is 1. The van der Waals surface area contributed by atoms with E-state index in [0.29, 0.717) is 12.0 Å². The summed E-state index contributed by atoms with van der Waals surface area (Å²) in [6.07, 6.45) is 0.712. The fraction of sp³-hybridized carbons (Fsp3) is 0.263. The van der Waals surface area contributed by atoms with E-state index in [4.69, 9.17) is 4.74 Å². The Labute approximate surface area is 158 Å². The maximum atomic E-state index is 12.3. The molecule has 2 aromatic carbocycles. The number of sulfonamides is 1. The van der Waals surface area contributed by atoms with Crippen LogP contribution in [0.5, 0.6) is 5.75 Å². The molecule has 1 heterocycles. The molecule has 7 nitrogen and oxygen atoms in total. The molecular weight excluding hydrogens is 366 g/mol. The number of carbonyl (C=O) groups is 1. The number of aliphatic imine (C=N–C) groups is 1. The van der Waals surface area contributed by atoms with Crippen molar-refractivity contribution in [2.75, 3.05) is 13.7 Å². The second-order valence-electron chi connectivity index (χ2n) is 6.07. The second-order valence-corrected chi connectivity index (χ2v) is 7.72. The van der Waals surface area contributed by atoms with Gasteiger partial charge in [0.2, 0.25) is 5.91 Å². The van der Waals surface area contributed by atoms with Crippen molar-refractivity contribution in [3.8, 4) is 5.75 Å². The van der Waals surface area contributed by atoms with E-state index in [2.05, 4.69) is 15.0 Å². The van der Waals surface area contributed by atoms with Crippen LogP contribution < -0.4 is 14.8 Å². The Kier molecular flexibility index (Phi) is 5.46. The van der Waals surface area contributed by atoms with E-state index in [-0.39, 0.29) is 29.2 Å². The molecule has 1 atom stereocenters. The number of rotatable bonds is 6. The van der Waals surface area contributed by atoms with Gasteiger partial charge in [-0.1, -0.05) is 31.2 Å². The van der Waals surface area contributed by atoms with Crippen molar-refractivity contribution < 1.29 is 17.9 Å². The monoisotopic (exact) mass is 387 g/mol. The van der Waals surface area contributed by atoms with Crippen LogP contribution >= 0.6 is 0 Å². The minimum Gasteiger partial charge on any atom is -0.497 e. The largest absolute Gasteiger partial charge is 0.497 e. The number of amidine groups is 1. The van der Waals surface area contributed by atoms with Gasteiger partial charge in [0.05, 0.1) is 18.0 Å². The van der Waals surface area contributed by atoms with Crippen LogP contribution in [0.25, 0.3) is 0 Å². The lowest BCUT2D eigenvalue weighted by atomic mass is 10.0. The van der Waals surface area contributed by atoms with Gasteiger partial charge in [0.1, 0.15) is 18.1 Å². The smallest absolute Gasteiger partial charge is 0.263 e. The minimum absolute atomic E-state index is 0.156. The molecule has 1 aliphatic heterocycles. The number of hydrogen-bond donors (Lipinski definition) is 2. The zero-order valence-corrected chi connectivity index (χ0v) is 15.9. The molecule has 0 radical (unpaired) electrons. The number of benzene rings is 2. The van der Waals surface area contributed by atoms with Crippen LogP contribution in [0, 0.1) is 0 Å². The van der Waals surface area contributed by atoms with Gasteiger partial charge < -0.3 is 10.1 Å². The van der Waals surface area contributed by atoms with Crippen LogP contribution in [0.3, 0.4) is 0 Å². The summed E-state index contributed by atoms with van der Waals surface area (Å²) in [6, 6.07) is 13.9. The first-order chi connectivity index (χ1) is 12.9. The lowest BCUT2D eigenvalue weighted by molar-refractivity contribution is -0.120. The Morgan fingerprint density at radius 1 is 1.19 bits per heavy atom. The average molecular weight is 387 g/mol. The molecule has 2 N–H and O–H groups in total. The Morgan fingerprint density at radius 3 is 2.56 bits per heavy atom. The minimum atomic E-state index is -3.60. The Bertz CT molecular complexity index is 969. The summed E-state index contributed by atoms with van der Waals surface area (Å²) in [4.78, 5) is 16.7. The van der Waals surface area contributed by atoms with Gasteiger partial charge in [0.15, 0.2) is 0 Å². The molecule has 0 fully saturated rings. The predicted molar refractivity (Wildman–Crippen MR) is 102 cm³/mol. The zero-order chi connectivity index (χ0) is 19.4. The maximum Gasteiger partial charge on any atom is 0.263 e. The van der Waals surface area contributed by atoms with Gasteiger partial charge in [-0.25, -0.2) is 8.42 Å². The molecule has 0 aromatic heterocycles. The molecule has 0 saturated carbocycles. The van der Waals surface area contributed by atoms with E-state index in [1.807, 2.05) is 31.2 Å². The number of methoxy groups -OCH3 is 1. The first-order valence-electron chi connectivity index (χ1n) is 8.54. The third-order valence-electron chi connectivity index (χ3n) is 4.31. The van der Waals surface area contributed by atoms with Gasteiger partial charge in [0.25, 0.3) is 10.0 Å². The normalized spacial score (nSPS) is 17.0. The third kappa shape index (κ3) is 4.11. The summed E-state index contributed by atoms with van der Waals surface area (Å²) < 4.78 is 31.7. The van der Waals surface area contributed by atoms with Gasteiger partial charge in [0, 0.05) is 5.56 Å². The van der Waals surface area contributed by atoms with Crippen molar-refractivity contribution in [1.29, 1.82) is 0 Å². The fourth-order valence-electron chi connectivity index (χ4n) is 2.90. The molecule has 0 unspecified atom stereocenters. The molecule has 0 bridgehead atoms. The molecule has 27 heavy (non-hydrogen) atoms. The van der Waals surface area contributed by atoms with Crippen LogP contribution in [-0.4, -0.2) is 33.8 Å². The van der Waals surface area contributed by atoms with Gasteiger partial charge in [-0.2, -0.15) is 0 Å². The van der Waals surface area contributed by atoms with Crippen molar-refractivity contribution in [3.05, 3.63) is 59.7 Å². The van der Waals surface area contributed by atoms with Crippen molar-refractivity contribution in [2.45, 2.75) is 24.3 Å². The summed E-state index contributed by atoms with van der Waals surface area (Å²) in [5.74, 6) is 0.658. The highest BCUT2D eigenvalue weighted by molar-refractivity contribution is 7.90. The first-order valence-corrected chi connectivity index (χ1v) is 10.0. The number of nitrogens with zero attached hydrogens (tertiary/aromatic N) is 1.